The van der Waals surface area contributed by atoms with Gasteiger partial charge in [0.05, 0.1) is 0 Å². The third kappa shape index (κ3) is 2.89. The highest BCUT2D eigenvalue weighted by molar-refractivity contribution is 6.31. The summed E-state index contributed by atoms with van der Waals surface area (Å²) in [6.45, 7) is 4.25. The summed E-state index contributed by atoms with van der Waals surface area (Å²) in [5, 5.41) is 0.852. The van der Waals surface area contributed by atoms with Gasteiger partial charge in [0.25, 0.3) is 0 Å². The third-order valence-electron chi connectivity index (χ3n) is 3.16. The molecule has 0 aromatic heterocycles. The van der Waals surface area contributed by atoms with E-state index in [1.54, 1.807) is 0 Å². The molecular weight excluding hydrogens is 243 g/mol. The van der Waals surface area contributed by atoms with Crippen LogP contribution >= 0.6 is 24.0 Å². The molecule has 16 heavy (non-hydrogen) atoms. The first-order chi connectivity index (χ1) is 7.18. The van der Waals surface area contributed by atoms with E-state index in [2.05, 4.69) is 17.9 Å². The Hall–Kier alpha value is -0.280. The highest BCUT2D eigenvalue weighted by atomic mass is 35.5. The average molecular weight is 261 g/mol. The molecule has 2 atom stereocenters. The monoisotopic (exact) mass is 260 g/mol. The lowest BCUT2D eigenvalue weighted by molar-refractivity contribution is 0.260. The van der Waals surface area contributed by atoms with Crippen LogP contribution in [0.1, 0.15) is 24.9 Å². The summed E-state index contributed by atoms with van der Waals surface area (Å²) >= 11 is 6.18. The molecule has 0 saturated carbocycles. The summed E-state index contributed by atoms with van der Waals surface area (Å²) in [6.07, 6.45) is 1.09. The number of rotatable bonds is 2. The number of benzene rings is 1. The van der Waals surface area contributed by atoms with Crippen molar-refractivity contribution in [3.63, 3.8) is 0 Å². The van der Waals surface area contributed by atoms with Crippen molar-refractivity contribution in [2.75, 3.05) is 13.1 Å². The average Bonchev–Trinajstić information content (AvgIpc) is 2.65. The number of nitrogens with zero attached hydrogens (tertiary/aromatic N) is 1. The summed E-state index contributed by atoms with van der Waals surface area (Å²) in [5.74, 6) is 0. The summed E-state index contributed by atoms with van der Waals surface area (Å²) in [6, 6.07) is 8.74. The van der Waals surface area contributed by atoms with Gasteiger partial charge in [0.15, 0.2) is 0 Å². The van der Waals surface area contributed by atoms with E-state index >= 15 is 0 Å². The molecule has 1 saturated heterocycles. The van der Waals surface area contributed by atoms with Crippen molar-refractivity contribution >= 4 is 24.0 Å². The van der Waals surface area contributed by atoms with Crippen molar-refractivity contribution in [2.24, 2.45) is 5.73 Å². The molecule has 1 aliphatic heterocycles. The maximum atomic E-state index is 6.18. The minimum atomic E-state index is 0. The van der Waals surface area contributed by atoms with Crippen LogP contribution < -0.4 is 5.73 Å². The van der Waals surface area contributed by atoms with Crippen LogP contribution in [-0.4, -0.2) is 24.0 Å². The van der Waals surface area contributed by atoms with Crippen LogP contribution in [-0.2, 0) is 0 Å². The second-order valence-corrected chi connectivity index (χ2v) is 4.65. The lowest BCUT2D eigenvalue weighted by Gasteiger charge is -2.25. The maximum absolute atomic E-state index is 6.18. The van der Waals surface area contributed by atoms with Gasteiger partial charge in [0.1, 0.15) is 0 Å². The summed E-state index contributed by atoms with van der Waals surface area (Å²) in [4.78, 5) is 2.39. The van der Waals surface area contributed by atoms with E-state index in [1.807, 2.05) is 18.2 Å². The Kier molecular flexibility index (Phi) is 5.06. The quantitative estimate of drug-likeness (QED) is 0.887. The normalized spacial score (nSPS) is 22.8. The van der Waals surface area contributed by atoms with Crippen molar-refractivity contribution in [2.45, 2.75) is 25.4 Å². The molecule has 1 aromatic carbocycles. The van der Waals surface area contributed by atoms with Crippen molar-refractivity contribution in [1.29, 1.82) is 0 Å². The summed E-state index contributed by atoms with van der Waals surface area (Å²) in [5.41, 5.74) is 7.11. The molecule has 1 heterocycles. The molecule has 90 valence electrons. The molecule has 0 amide bonds. The molecule has 1 unspecified atom stereocenters. The number of nitrogens with two attached hydrogens (primary N) is 1. The van der Waals surface area contributed by atoms with Crippen molar-refractivity contribution < 1.29 is 0 Å². The fourth-order valence-corrected chi connectivity index (χ4v) is 2.47. The van der Waals surface area contributed by atoms with Crippen molar-refractivity contribution in [1.82, 2.24) is 4.90 Å². The Morgan fingerprint density at radius 3 is 2.69 bits per heavy atom. The first-order valence-electron chi connectivity index (χ1n) is 5.42. The van der Waals surface area contributed by atoms with E-state index in [-0.39, 0.29) is 12.4 Å². The lowest BCUT2D eigenvalue weighted by Crippen LogP contribution is -2.28. The predicted octanol–water partition coefficient (Wildman–Crippen LogP) is 2.86. The Bertz CT molecular complexity index is 344. The van der Waals surface area contributed by atoms with Crippen molar-refractivity contribution in [3.8, 4) is 0 Å². The maximum Gasteiger partial charge on any atom is 0.0453 e. The second kappa shape index (κ2) is 5.87. The molecular formula is C12H18Cl2N2. The van der Waals surface area contributed by atoms with Gasteiger partial charge in [0.2, 0.25) is 0 Å². The zero-order chi connectivity index (χ0) is 10.8. The minimum Gasteiger partial charge on any atom is -0.326 e. The van der Waals surface area contributed by atoms with E-state index in [0.717, 1.165) is 24.5 Å². The van der Waals surface area contributed by atoms with Gasteiger partial charge in [0, 0.05) is 30.2 Å². The van der Waals surface area contributed by atoms with Crippen LogP contribution in [0.5, 0.6) is 0 Å². The topological polar surface area (TPSA) is 29.3 Å². The molecule has 0 aliphatic carbocycles. The number of hydrogen-bond acceptors (Lipinski definition) is 2. The third-order valence-corrected chi connectivity index (χ3v) is 3.50. The van der Waals surface area contributed by atoms with Crippen LogP contribution in [0.3, 0.4) is 0 Å². The van der Waals surface area contributed by atoms with Crippen LogP contribution in [0.4, 0.5) is 0 Å². The highest BCUT2D eigenvalue weighted by Crippen LogP contribution is 2.29. The van der Waals surface area contributed by atoms with Gasteiger partial charge in [-0.1, -0.05) is 29.8 Å². The van der Waals surface area contributed by atoms with Crippen molar-refractivity contribution in [3.05, 3.63) is 34.9 Å². The number of hydrogen-bond donors (Lipinski definition) is 1. The molecule has 1 aromatic rings. The Morgan fingerprint density at radius 2 is 2.12 bits per heavy atom. The predicted molar refractivity (Wildman–Crippen MR) is 71.3 cm³/mol. The Morgan fingerprint density at radius 1 is 1.44 bits per heavy atom. The van der Waals surface area contributed by atoms with Crippen LogP contribution in [0.25, 0.3) is 0 Å². The highest BCUT2D eigenvalue weighted by Gasteiger charge is 2.25. The molecule has 1 fully saturated rings. The zero-order valence-corrected chi connectivity index (χ0v) is 11.0. The summed E-state index contributed by atoms with van der Waals surface area (Å²) < 4.78 is 0. The molecule has 2 N–H and O–H groups in total. The standard InChI is InChI=1S/C12H17ClN2.ClH/c1-9(15-7-6-10(14)8-15)11-4-2-3-5-12(11)13;/h2-5,9-10H,6-8,14H2,1H3;1H/t9?,10-;/m1./s1. The molecule has 0 radical (unpaired) electrons. The fraction of sp³-hybridized carbons (Fsp3) is 0.500. The fourth-order valence-electron chi connectivity index (χ4n) is 2.18. The minimum absolute atomic E-state index is 0. The Labute approximate surface area is 108 Å². The van der Waals surface area contributed by atoms with E-state index in [1.165, 1.54) is 5.56 Å². The lowest BCUT2D eigenvalue weighted by atomic mass is 10.1. The first kappa shape index (κ1) is 13.8. The van der Waals surface area contributed by atoms with Gasteiger partial charge in [-0.25, -0.2) is 0 Å². The SMILES string of the molecule is CC(c1ccccc1Cl)N1CC[C@@H](N)C1.Cl. The van der Waals surface area contributed by atoms with E-state index in [0.29, 0.717) is 12.1 Å². The van der Waals surface area contributed by atoms with Gasteiger partial charge in [-0.05, 0) is 25.0 Å². The summed E-state index contributed by atoms with van der Waals surface area (Å²) in [7, 11) is 0. The molecule has 2 nitrogen and oxygen atoms in total. The molecule has 1 aliphatic rings. The van der Waals surface area contributed by atoms with Gasteiger partial charge in [-0.3, -0.25) is 4.90 Å². The van der Waals surface area contributed by atoms with Gasteiger partial charge < -0.3 is 5.73 Å². The Balaban J connectivity index is 0.00000128. The van der Waals surface area contributed by atoms with E-state index in [4.69, 9.17) is 17.3 Å². The van der Waals surface area contributed by atoms with Crippen LogP contribution in [0.2, 0.25) is 5.02 Å². The second-order valence-electron chi connectivity index (χ2n) is 4.24. The number of likely N-dealkylation sites (tertiary alicyclic amines) is 1. The van der Waals surface area contributed by atoms with Crippen LogP contribution in [0.15, 0.2) is 24.3 Å². The first-order valence-corrected chi connectivity index (χ1v) is 5.80. The molecule has 0 bridgehead atoms. The largest absolute Gasteiger partial charge is 0.326 e. The van der Waals surface area contributed by atoms with Gasteiger partial charge in [-0.2, -0.15) is 0 Å². The number of halogens is 2. The van der Waals surface area contributed by atoms with E-state index < -0.39 is 0 Å². The molecule has 4 heteroatoms. The zero-order valence-electron chi connectivity index (χ0n) is 9.40. The molecule has 2 rings (SSSR count). The molecule has 0 spiro atoms. The van der Waals surface area contributed by atoms with E-state index in [9.17, 15) is 0 Å². The van der Waals surface area contributed by atoms with Gasteiger partial charge in [-0.15, -0.1) is 12.4 Å². The van der Waals surface area contributed by atoms with Crippen LogP contribution in [0, 0.1) is 0 Å². The van der Waals surface area contributed by atoms with Gasteiger partial charge >= 0.3 is 0 Å². The smallest absolute Gasteiger partial charge is 0.0453 e.